The van der Waals surface area contributed by atoms with E-state index in [2.05, 4.69) is 10.6 Å². The Morgan fingerprint density at radius 1 is 1.09 bits per heavy atom. The minimum atomic E-state index is -0.0239. The summed E-state index contributed by atoms with van der Waals surface area (Å²) in [7, 11) is 0. The van der Waals surface area contributed by atoms with Gasteiger partial charge in [0.1, 0.15) is 5.75 Å². The predicted molar refractivity (Wildman–Crippen MR) is 90.6 cm³/mol. The number of fused-ring (bicyclic) bond motifs is 3. The molecule has 2 aliphatic heterocycles. The first-order valence-electron chi connectivity index (χ1n) is 8.44. The molecule has 1 amide bonds. The third kappa shape index (κ3) is 3.17. The quantitative estimate of drug-likeness (QED) is 0.913. The molecule has 0 aromatic heterocycles. The maximum absolute atomic E-state index is 12.2. The zero-order valence-electron chi connectivity index (χ0n) is 13.1. The monoisotopic (exact) mass is 310 g/mol. The van der Waals surface area contributed by atoms with Crippen molar-refractivity contribution in [1.82, 2.24) is 10.6 Å². The van der Waals surface area contributed by atoms with E-state index in [0.29, 0.717) is 12.1 Å². The fourth-order valence-electron chi connectivity index (χ4n) is 3.91. The van der Waals surface area contributed by atoms with E-state index in [1.807, 2.05) is 42.5 Å². The van der Waals surface area contributed by atoms with Crippen molar-refractivity contribution >= 4 is 16.7 Å². The number of carbonyl (C=O) groups excluding carboxylic acids is 1. The first kappa shape index (κ1) is 14.5. The molecule has 2 N–H and O–H groups in total. The number of amides is 1. The Morgan fingerprint density at radius 2 is 1.83 bits per heavy atom. The highest BCUT2D eigenvalue weighted by Crippen LogP contribution is 2.27. The number of benzene rings is 2. The smallest absolute Gasteiger partial charge is 0.258 e. The van der Waals surface area contributed by atoms with Crippen LogP contribution in [0.15, 0.2) is 42.5 Å². The van der Waals surface area contributed by atoms with Crippen LogP contribution in [0, 0.1) is 0 Å². The standard InChI is InChI=1S/C19H22N2O2/c22-19(21-16-10-14-8-9-15(11-16)20-14)12-23-18-7-3-5-13-4-1-2-6-17(13)18/h1-7,14-16,20H,8-12H2,(H,21,22). The van der Waals surface area contributed by atoms with E-state index in [0.717, 1.165) is 29.4 Å². The Bertz CT molecular complexity index is 698. The first-order valence-corrected chi connectivity index (χ1v) is 8.44. The van der Waals surface area contributed by atoms with Crippen molar-refractivity contribution < 1.29 is 9.53 Å². The van der Waals surface area contributed by atoms with Crippen molar-refractivity contribution in [2.24, 2.45) is 0 Å². The lowest BCUT2D eigenvalue weighted by molar-refractivity contribution is -0.124. The largest absolute Gasteiger partial charge is 0.483 e. The Hall–Kier alpha value is -2.07. The van der Waals surface area contributed by atoms with Crippen molar-refractivity contribution in [3.05, 3.63) is 42.5 Å². The molecule has 0 radical (unpaired) electrons. The number of hydrogen-bond donors (Lipinski definition) is 2. The summed E-state index contributed by atoms with van der Waals surface area (Å²) < 4.78 is 5.76. The van der Waals surface area contributed by atoms with Crippen LogP contribution in [-0.4, -0.2) is 30.6 Å². The second kappa shape index (κ2) is 6.20. The normalized spacial score (nSPS) is 26.2. The van der Waals surface area contributed by atoms with Crippen LogP contribution in [-0.2, 0) is 4.79 Å². The van der Waals surface area contributed by atoms with Crippen molar-refractivity contribution in [2.75, 3.05) is 6.61 Å². The molecule has 2 aromatic rings. The van der Waals surface area contributed by atoms with Gasteiger partial charge in [-0.2, -0.15) is 0 Å². The highest BCUT2D eigenvalue weighted by molar-refractivity contribution is 5.88. The zero-order valence-corrected chi connectivity index (χ0v) is 13.1. The highest BCUT2D eigenvalue weighted by atomic mass is 16.5. The van der Waals surface area contributed by atoms with Gasteiger partial charge in [0.2, 0.25) is 0 Å². The molecule has 120 valence electrons. The highest BCUT2D eigenvalue weighted by Gasteiger charge is 2.33. The minimum Gasteiger partial charge on any atom is -0.483 e. The van der Waals surface area contributed by atoms with Gasteiger partial charge < -0.3 is 15.4 Å². The van der Waals surface area contributed by atoms with Gasteiger partial charge >= 0.3 is 0 Å². The SMILES string of the molecule is O=C(COc1cccc2ccccc12)NC1CC2CCC(C1)N2. The summed E-state index contributed by atoms with van der Waals surface area (Å²) in [6, 6.07) is 15.4. The number of piperidine rings is 1. The van der Waals surface area contributed by atoms with Crippen LogP contribution in [0.2, 0.25) is 0 Å². The van der Waals surface area contributed by atoms with E-state index in [1.54, 1.807) is 0 Å². The molecule has 23 heavy (non-hydrogen) atoms. The van der Waals surface area contributed by atoms with Gasteiger partial charge in [-0.05, 0) is 37.1 Å². The molecule has 2 aliphatic rings. The molecule has 2 aromatic carbocycles. The Kier molecular flexibility index (Phi) is 3.92. The molecule has 0 aliphatic carbocycles. The summed E-state index contributed by atoms with van der Waals surface area (Å²) in [6.07, 6.45) is 4.56. The van der Waals surface area contributed by atoms with Gasteiger partial charge in [-0.25, -0.2) is 0 Å². The molecule has 2 fully saturated rings. The minimum absolute atomic E-state index is 0.0239. The summed E-state index contributed by atoms with van der Waals surface area (Å²) in [6.45, 7) is 0.0767. The fourth-order valence-corrected chi connectivity index (χ4v) is 3.91. The summed E-state index contributed by atoms with van der Waals surface area (Å²) in [4.78, 5) is 12.2. The van der Waals surface area contributed by atoms with E-state index in [4.69, 9.17) is 4.74 Å². The molecule has 2 saturated heterocycles. The lowest BCUT2D eigenvalue weighted by atomic mass is 10.00. The van der Waals surface area contributed by atoms with Gasteiger partial charge in [0, 0.05) is 23.5 Å². The summed E-state index contributed by atoms with van der Waals surface area (Å²) in [5.41, 5.74) is 0. The predicted octanol–water partition coefficient (Wildman–Crippen LogP) is 2.62. The molecule has 2 heterocycles. The van der Waals surface area contributed by atoms with Gasteiger partial charge in [-0.15, -0.1) is 0 Å². The van der Waals surface area contributed by atoms with Crippen molar-refractivity contribution in [1.29, 1.82) is 0 Å². The van der Waals surface area contributed by atoms with Crippen molar-refractivity contribution in [3.63, 3.8) is 0 Å². The first-order chi connectivity index (χ1) is 11.3. The zero-order chi connectivity index (χ0) is 15.6. The van der Waals surface area contributed by atoms with E-state index in [-0.39, 0.29) is 18.6 Å². The van der Waals surface area contributed by atoms with Crippen LogP contribution in [0.3, 0.4) is 0 Å². The molecule has 2 unspecified atom stereocenters. The third-order valence-electron chi connectivity index (χ3n) is 4.95. The summed E-state index contributed by atoms with van der Waals surface area (Å²) in [5.74, 6) is 0.743. The Morgan fingerprint density at radius 3 is 2.65 bits per heavy atom. The van der Waals surface area contributed by atoms with Crippen LogP contribution in [0.1, 0.15) is 25.7 Å². The summed E-state index contributed by atoms with van der Waals surface area (Å²) in [5, 5.41) is 8.89. The average Bonchev–Trinajstić information content (AvgIpc) is 2.91. The molecule has 2 atom stereocenters. The molecule has 4 rings (SSSR count). The second-order valence-electron chi connectivity index (χ2n) is 6.64. The Balaban J connectivity index is 1.36. The average molecular weight is 310 g/mol. The number of nitrogens with one attached hydrogen (secondary N) is 2. The van der Waals surface area contributed by atoms with Crippen LogP contribution < -0.4 is 15.4 Å². The summed E-state index contributed by atoms with van der Waals surface area (Å²) >= 11 is 0. The van der Waals surface area contributed by atoms with Gasteiger partial charge in [0.05, 0.1) is 0 Å². The number of rotatable bonds is 4. The van der Waals surface area contributed by atoms with E-state index in [1.165, 1.54) is 12.8 Å². The number of ether oxygens (including phenoxy) is 1. The van der Waals surface area contributed by atoms with E-state index in [9.17, 15) is 4.79 Å². The number of carbonyl (C=O) groups is 1. The molecule has 0 spiro atoms. The molecular weight excluding hydrogens is 288 g/mol. The maximum Gasteiger partial charge on any atom is 0.258 e. The van der Waals surface area contributed by atoms with Crippen LogP contribution in [0.4, 0.5) is 0 Å². The molecule has 0 saturated carbocycles. The second-order valence-corrected chi connectivity index (χ2v) is 6.64. The number of hydrogen-bond acceptors (Lipinski definition) is 3. The van der Waals surface area contributed by atoms with Crippen molar-refractivity contribution in [2.45, 2.75) is 43.8 Å². The molecule has 4 nitrogen and oxygen atoms in total. The molecule has 4 heteroatoms. The third-order valence-corrected chi connectivity index (χ3v) is 4.95. The van der Waals surface area contributed by atoms with Gasteiger partial charge in [-0.1, -0.05) is 36.4 Å². The molecular formula is C19H22N2O2. The fraction of sp³-hybridized carbons (Fsp3) is 0.421. The van der Waals surface area contributed by atoms with E-state index >= 15 is 0 Å². The maximum atomic E-state index is 12.2. The van der Waals surface area contributed by atoms with Crippen LogP contribution in [0.5, 0.6) is 5.75 Å². The Labute approximate surface area is 136 Å². The van der Waals surface area contributed by atoms with Gasteiger partial charge in [0.25, 0.3) is 5.91 Å². The van der Waals surface area contributed by atoms with Crippen molar-refractivity contribution in [3.8, 4) is 5.75 Å². The van der Waals surface area contributed by atoms with Gasteiger partial charge in [-0.3, -0.25) is 4.79 Å². The lowest BCUT2D eigenvalue weighted by Crippen LogP contribution is -2.48. The van der Waals surface area contributed by atoms with Crippen LogP contribution in [0.25, 0.3) is 10.8 Å². The van der Waals surface area contributed by atoms with Crippen LogP contribution >= 0.6 is 0 Å². The topological polar surface area (TPSA) is 50.4 Å². The lowest BCUT2D eigenvalue weighted by Gasteiger charge is -2.29. The van der Waals surface area contributed by atoms with E-state index < -0.39 is 0 Å². The molecule has 2 bridgehead atoms. The van der Waals surface area contributed by atoms with Gasteiger partial charge in [0.15, 0.2) is 6.61 Å².